The molecule has 2 fully saturated rings. The second kappa shape index (κ2) is 7.14. The smallest absolute Gasteiger partial charge is 0.192 e. The van der Waals surface area contributed by atoms with Crippen LogP contribution >= 0.6 is 0 Å². The molecule has 0 unspecified atom stereocenters. The molecule has 1 N–H and O–H groups in total. The summed E-state index contributed by atoms with van der Waals surface area (Å²) in [6.45, 7) is 11.8. The van der Waals surface area contributed by atoms with Gasteiger partial charge in [-0.2, -0.15) is 0 Å². The molecule has 3 heteroatoms. The molecule has 0 aliphatic heterocycles. The second-order valence-electron chi connectivity index (χ2n) is 8.85. The van der Waals surface area contributed by atoms with E-state index in [9.17, 15) is 0 Å². The first-order chi connectivity index (χ1) is 9.78. The Hall–Kier alpha value is 0.137. The van der Waals surface area contributed by atoms with Gasteiger partial charge in [0.05, 0.1) is 0 Å². The highest BCUT2D eigenvalue weighted by Gasteiger charge is 2.39. The third-order valence-corrected chi connectivity index (χ3v) is 10.6. The zero-order chi connectivity index (χ0) is 15.5. The lowest BCUT2D eigenvalue weighted by Gasteiger charge is -2.42. The molecule has 0 spiro atoms. The van der Waals surface area contributed by atoms with Crippen LogP contribution in [0.2, 0.25) is 18.1 Å². The number of nitrogens with one attached hydrogen (secondary N) is 1. The van der Waals surface area contributed by atoms with E-state index in [-0.39, 0.29) is 0 Å². The van der Waals surface area contributed by atoms with Crippen LogP contribution in [0.5, 0.6) is 0 Å². The molecule has 2 aliphatic carbocycles. The number of hydrogen-bond acceptors (Lipinski definition) is 2. The van der Waals surface area contributed by atoms with Crippen molar-refractivity contribution in [2.75, 3.05) is 0 Å². The van der Waals surface area contributed by atoms with Crippen LogP contribution < -0.4 is 5.32 Å². The van der Waals surface area contributed by atoms with E-state index in [4.69, 9.17) is 4.43 Å². The van der Waals surface area contributed by atoms with Crippen LogP contribution in [0.1, 0.15) is 78.6 Å². The van der Waals surface area contributed by atoms with Crippen molar-refractivity contribution in [3.8, 4) is 0 Å². The standard InChI is InChI=1S/C18H37NOSi/c1-18(2,3)21(4,5)20-17-13-11-16(12-14-17)19-15-9-7-6-8-10-15/h15-17,19H,6-14H2,1-5H3. The third kappa shape index (κ3) is 5.07. The highest BCUT2D eigenvalue weighted by atomic mass is 28.4. The van der Waals surface area contributed by atoms with Gasteiger partial charge in [-0.15, -0.1) is 0 Å². The van der Waals surface area contributed by atoms with Crippen molar-refractivity contribution in [2.45, 2.75) is 115 Å². The summed E-state index contributed by atoms with van der Waals surface area (Å²) < 4.78 is 6.59. The second-order valence-corrected chi connectivity index (χ2v) is 13.6. The molecule has 0 bridgehead atoms. The van der Waals surface area contributed by atoms with Gasteiger partial charge in [0.1, 0.15) is 0 Å². The zero-order valence-corrected chi connectivity index (χ0v) is 16.0. The van der Waals surface area contributed by atoms with Crippen LogP contribution in [-0.2, 0) is 4.43 Å². The molecule has 0 aromatic rings. The van der Waals surface area contributed by atoms with E-state index in [1.165, 1.54) is 57.8 Å². The summed E-state index contributed by atoms with van der Waals surface area (Å²) in [5.74, 6) is 0. The lowest BCUT2D eigenvalue weighted by atomic mass is 9.90. The number of hydrogen-bond donors (Lipinski definition) is 1. The summed E-state index contributed by atoms with van der Waals surface area (Å²) in [4.78, 5) is 0. The Labute approximate surface area is 133 Å². The summed E-state index contributed by atoms with van der Waals surface area (Å²) >= 11 is 0. The molecule has 124 valence electrons. The number of rotatable bonds is 4. The van der Waals surface area contributed by atoms with Gasteiger partial charge in [-0.05, 0) is 56.7 Å². The summed E-state index contributed by atoms with van der Waals surface area (Å²) in [5, 5.41) is 4.26. The first-order valence-electron chi connectivity index (χ1n) is 9.22. The van der Waals surface area contributed by atoms with Crippen molar-refractivity contribution in [3.63, 3.8) is 0 Å². The Kier molecular flexibility index (Phi) is 5.95. The molecule has 2 saturated carbocycles. The molecule has 2 aliphatic rings. The average molecular weight is 312 g/mol. The van der Waals surface area contributed by atoms with Crippen LogP contribution in [0.15, 0.2) is 0 Å². The maximum absolute atomic E-state index is 6.59. The predicted molar refractivity (Wildman–Crippen MR) is 94.3 cm³/mol. The molecule has 21 heavy (non-hydrogen) atoms. The minimum Gasteiger partial charge on any atom is -0.414 e. The van der Waals surface area contributed by atoms with Gasteiger partial charge in [0.25, 0.3) is 0 Å². The highest BCUT2D eigenvalue weighted by molar-refractivity contribution is 6.74. The fourth-order valence-electron chi connectivity index (χ4n) is 3.54. The quantitative estimate of drug-likeness (QED) is 0.717. The van der Waals surface area contributed by atoms with E-state index in [1.54, 1.807) is 0 Å². The van der Waals surface area contributed by atoms with Gasteiger partial charge in [0.2, 0.25) is 0 Å². The van der Waals surface area contributed by atoms with Gasteiger partial charge >= 0.3 is 0 Å². The molecule has 0 atom stereocenters. The Bertz CT molecular complexity index is 310. The topological polar surface area (TPSA) is 21.3 Å². The highest BCUT2D eigenvalue weighted by Crippen LogP contribution is 2.39. The molecule has 0 aromatic carbocycles. The van der Waals surface area contributed by atoms with Crippen LogP contribution in [0.25, 0.3) is 0 Å². The first-order valence-corrected chi connectivity index (χ1v) is 12.1. The van der Waals surface area contributed by atoms with Crippen molar-refractivity contribution in [1.29, 1.82) is 0 Å². The van der Waals surface area contributed by atoms with E-state index in [2.05, 4.69) is 39.2 Å². The van der Waals surface area contributed by atoms with Gasteiger partial charge in [0, 0.05) is 18.2 Å². The Morgan fingerprint density at radius 3 is 1.86 bits per heavy atom. The lowest BCUT2D eigenvalue weighted by Crippen LogP contribution is -2.47. The molecule has 0 aromatic heterocycles. The maximum atomic E-state index is 6.59. The molecular formula is C18H37NOSi. The largest absolute Gasteiger partial charge is 0.414 e. The lowest BCUT2D eigenvalue weighted by molar-refractivity contribution is 0.120. The Morgan fingerprint density at radius 2 is 1.33 bits per heavy atom. The molecule has 0 heterocycles. The normalized spacial score (nSPS) is 29.6. The summed E-state index contributed by atoms with van der Waals surface area (Å²) in [6, 6.07) is 1.56. The molecule has 0 saturated heterocycles. The molecule has 2 nitrogen and oxygen atoms in total. The molecule has 2 rings (SSSR count). The van der Waals surface area contributed by atoms with Gasteiger partial charge < -0.3 is 9.74 Å². The van der Waals surface area contributed by atoms with E-state index >= 15 is 0 Å². The summed E-state index contributed by atoms with van der Waals surface area (Å²) in [6.07, 6.45) is 12.8. The summed E-state index contributed by atoms with van der Waals surface area (Å²) in [5.41, 5.74) is 0. The van der Waals surface area contributed by atoms with Crippen molar-refractivity contribution in [2.24, 2.45) is 0 Å². The van der Waals surface area contributed by atoms with E-state index in [0.29, 0.717) is 11.1 Å². The van der Waals surface area contributed by atoms with Gasteiger partial charge in [0.15, 0.2) is 8.32 Å². The van der Waals surface area contributed by atoms with Crippen molar-refractivity contribution in [3.05, 3.63) is 0 Å². The average Bonchev–Trinajstić information content (AvgIpc) is 2.41. The summed E-state index contributed by atoms with van der Waals surface area (Å²) in [7, 11) is -1.58. The minimum atomic E-state index is -1.58. The Balaban J connectivity index is 1.73. The van der Waals surface area contributed by atoms with E-state index < -0.39 is 8.32 Å². The maximum Gasteiger partial charge on any atom is 0.192 e. The monoisotopic (exact) mass is 311 g/mol. The fraction of sp³-hybridized carbons (Fsp3) is 1.00. The Morgan fingerprint density at radius 1 is 0.810 bits per heavy atom. The van der Waals surface area contributed by atoms with E-state index in [0.717, 1.165) is 12.1 Å². The molecule has 0 radical (unpaired) electrons. The van der Waals surface area contributed by atoms with Crippen LogP contribution in [0.4, 0.5) is 0 Å². The van der Waals surface area contributed by atoms with Crippen LogP contribution in [0.3, 0.4) is 0 Å². The third-order valence-electron chi connectivity index (χ3n) is 6.02. The predicted octanol–water partition coefficient (Wildman–Crippen LogP) is 5.24. The van der Waals surface area contributed by atoms with E-state index in [1.807, 2.05) is 0 Å². The van der Waals surface area contributed by atoms with Crippen molar-refractivity contribution < 1.29 is 4.43 Å². The SMILES string of the molecule is CC(C)(C)[Si](C)(C)OC1CCC(NC2CCCCC2)CC1. The van der Waals surface area contributed by atoms with Crippen molar-refractivity contribution in [1.82, 2.24) is 5.32 Å². The molecular weight excluding hydrogens is 274 g/mol. The van der Waals surface area contributed by atoms with Crippen LogP contribution in [0, 0.1) is 0 Å². The molecule has 0 amide bonds. The first kappa shape index (κ1) is 17.5. The van der Waals surface area contributed by atoms with Crippen molar-refractivity contribution >= 4 is 8.32 Å². The minimum absolute atomic E-state index is 0.337. The van der Waals surface area contributed by atoms with Gasteiger partial charge in [-0.3, -0.25) is 0 Å². The van der Waals surface area contributed by atoms with Gasteiger partial charge in [-0.1, -0.05) is 40.0 Å². The van der Waals surface area contributed by atoms with Crippen LogP contribution in [-0.4, -0.2) is 26.5 Å². The fourth-order valence-corrected chi connectivity index (χ4v) is 4.97. The van der Waals surface area contributed by atoms with Gasteiger partial charge in [-0.25, -0.2) is 0 Å². The zero-order valence-electron chi connectivity index (χ0n) is 15.0.